The van der Waals surface area contributed by atoms with Crippen molar-refractivity contribution in [1.29, 1.82) is 0 Å². The zero-order chi connectivity index (χ0) is 25.5. The lowest BCUT2D eigenvalue weighted by Crippen LogP contribution is -2.39. The summed E-state index contributed by atoms with van der Waals surface area (Å²) in [6, 6.07) is 17.2. The van der Waals surface area contributed by atoms with Gasteiger partial charge in [0.2, 0.25) is 5.91 Å². The van der Waals surface area contributed by atoms with Crippen molar-refractivity contribution in [2.75, 3.05) is 7.05 Å². The van der Waals surface area contributed by atoms with Crippen LogP contribution in [0.4, 0.5) is 4.79 Å². The Labute approximate surface area is 206 Å². The van der Waals surface area contributed by atoms with Crippen molar-refractivity contribution in [3.05, 3.63) is 71.9 Å². The van der Waals surface area contributed by atoms with Crippen LogP contribution >= 0.6 is 0 Å². The number of fused-ring (bicyclic) bond motifs is 1. The third-order valence-corrected chi connectivity index (χ3v) is 6.05. The van der Waals surface area contributed by atoms with E-state index in [1.165, 1.54) is 0 Å². The van der Waals surface area contributed by atoms with Crippen LogP contribution in [-0.4, -0.2) is 45.6 Å². The third kappa shape index (κ3) is 6.94. The number of amides is 2. The number of nitrogens with one attached hydrogen (secondary N) is 1. The number of carbonyl (C=O) groups is 3. The van der Waals surface area contributed by atoms with Gasteiger partial charge in [0.25, 0.3) is 0 Å². The Morgan fingerprint density at radius 3 is 2.31 bits per heavy atom. The SMILES string of the molecule is CC(C)C[C@H](CC(=O)O)C(=O)N[C@H](C)Cc1cn(C(=O)N(C)Cc2ccccc2)c2ccccc12. The van der Waals surface area contributed by atoms with Crippen LogP contribution in [0.15, 0.2) is 60.8 Å². The molecule has 0 saturated heterocycles. The molecule has 186 valence electrons. The van der Waals surface area contributed by atoms with Gasteiger partial charge in [-0.2, -0.15) is 0 Å². The van der Waals surface area contributed by atoms with Gasteiger partial charge in [0, 0.05) is 37.1 Å². The van der Waals surface area contributed by atoms with Crippen molar-refractivity contribution >= 4 is 28.8 Å². The van der Waals surface area contributed by atoms with E-state index in [1.54, 1.807) is 16.5 Å². The fourth-order valence-corrected chi connectivity index (χ4v) is 4.48. The second-order valence-electron chi connectivity index (χ2n) is 9.70. The summed E-state index contributed by atoms with van der Waals surface area (Å²) in [6.45, 7) is 6.35. The fraction of sp³-hybridized carbons (Fsp3) is 0.393. The van der Waals surface area contributed by atoms with Crippen molar-refractivity contribution < 1.29 is 19.5 Å². The van der Waals surface area contributed by atoms with Gasteiger partial charge in [0.1, 0.15) is 0 Å². The van der Waals surface area contributed by atoms with E-state index in [9.17, 15) is 19.5 Å². The van der Waals surface area contributed by atoms with Gasteiger partial charge < -0.3 is 15.3 Å². The molecule has 7 heteroatoms. The maximum Gasteiger partial charge on any atom is 0.328 e. The number of carbonyl (C=O) groups excluding carboxylic acids is 2. The van der Waals surface area contributed by atoms with E-state index in [4.69, 9.17) is 0 Å². The molecule has 0 fully saturated rings. The lowest BCUT2D eigenvalue weighted by Gasteiger charge is -2.20. The number of aromatic nitrogens is 1. The molecular formula is C28H35N3O4. The Hall–Kier alpha value is -3.61. The number of hydrogen-bond donors (Lipinski definition) is 2. The summed E-state index contributed by atoms with van der Waals surface area (Å²) in [5.74, 6) is -1.56. The van der Waals surface area contributed by atoms with Crippen molar-refractivity contribution in [2.24, 2.45) is 11.8 Å². The number of nitrogens with zero attached hydrogens (tertiary/aromatic N) is 2. The van der Waals surface area contributed by atoms with Gasteiger partial charge in [-0.05, 0) is 42.9 Å². The molecule has 7 nitrogen and oxygen atoms in total. The summed E-state index contributed by atoms with van der Waals surface area (Å²) in [6.07, 6.45) is 2.71. The quantitative estimate of drug-likeness (QED) is 0.433. The molecule has 0 aliphatic rings. The Morgan fingerprint density at radius 1 is 1.00 bits per heavy atom. The molecule has 1 aromatic heterocycles. The molecule has 3 aromatic rings. The van der Waals surface area contributed by atoms with E-state index in [1.807, 2.05) is 81.6 Å². The van der Waals surface area contributed by atoms with Crippen LogP contribution in [0.5, 0.6) is 0 Å². The standard InChI is InChI=1S/C28H35N3O4/c1-19(2)14-22(16-26(32)33)27(34)29-20(3)15-23-18-31(25-13-9-8-12-24(23)25)28(35)30(4)17-21-10-6-5-7-11-21/h5-13,18-20,22H,14-17H2,1-4H3,(H,29,34)(H,32,33)/t20-,22-/m1/s1. The minimum atomic E-state index is -0.973. The molecule has 0 radical (unpaired) electrons. The van der Waals surface area contributed by atoms with Crippen LogP contribution < -0.4 is 5.32 Å². The lowest BCUT2D eigenvalue weighted by atomic mass is 9.93. The Morgan fingerprint density at radius 2 is 1.66 bits per heavy atom. The van der Waals surface area contributed by atoms with Crippen molar-refractivity contribution in [3.8, 4) is 0 Å². The first-order valence-electron chi connectivity index (χ1n) is 12.1. The molecule has 0 aliphatic heterocycles. The van der Waals surface area contributed by atoms with Crippen LogP contribution in [0.3, 0.4) is 0 Å². The molecule has 0 aliphatic carbocycles. The first-order valence-corrected chi connectivity index (χ1v) is 12.1. The molecular weight excluding hydrogens is 442 g/mol. The second-order valence-corrected chi connectivity index (χ2v) is 9.70. The van der Waals surface area contributed by atoms with Gasteiger partial charge in [-0.3, -0.25) is 14.2 Å². The largest absolute Gasteiger partial charge is 0.481 e. The predicted octanol–water partition coefficient (Wildman–Crippen LogP) is 4.93. The first-order chi connectivity index (χ1) is 16.7. The van der Waals surface area contributed by atoms with E-state index < -0.39 is 11.9 Å². The van der Waals surface area contributed by atoms with Gasteiger partial charge in [0.15, 0.2) is 0 Å². The number of carboxylic acid groups (broad SMARTS) is 1. The average Bonchev–Trinajstić information content (AvgIpc) is 3.16. The highest BCUT2D eigenvalue weighted by molar-refractivity contribution is 5.93. The first kappa shape index (κ1) is 26.0. The van der Waals surface area contributed by atoms with Gasteiger partial charge in [0.05, 0.1) is 11.9 Å². The molecule has 2 atom stereocenters. The number of hydrogen-bond acceptors (Lipinski definition) is 3. The van der Waals surface area contributed by atoms with E-state index in [-0.39, 0.29) is 30.3 Å². The van der Waals surface area contributed by atoms with Crippen LogP contribution in [0, 0.1) is 11.8 Å². The minimum absolute atomic E-state index is 0.133. The summed E-state index contributed by atoms with van der Waals surface area (Å²) in [7, 11) is 1.78. The molecule has 0 unspecified atom stereocenters. The summed E-state index contributed by atoms with van der Waals surface area (Å²) >= 11 is 0. The zero-order valence-electron chi connectivity index (χ0n) is 20.9. The Balaban J connectivity index is 1.76. The van der Waals surface area contributed by atoms with Crippen LogP contribution in [0.25, 0.3) is 10.9 Å². The summed E-state index contributed by atoms with van der Waals surface area (Å²) in [5.41, 5.74) is 2.82. The van der Waals surface area contributed by atoms with Gasteiger partial charge in [-0.25, -0.2) is 4.79 Å². The molecule has 2 amide bonds. The van der Waals surface area contributed by atoms with E-state index >= 15 is 0 Å². The highest BCUT2D eigenvalue weighted by Crippen LogP contribution is 2.24. The van der Waals surface area contributed by atoms with E-state index in [0.717, 1.165) is 22.0 Å². The molecule has 0 spiro atoms. The van der Waals surface area contributed by atoms with Crippen molar-refractivity contribution in [2.45, 2.75) is 52.6 Å². The van der Waals surface area contributed by atoms with Crippen molar-refractivity contribution in [3.63, 3.8) is 0 Å². The second kappa shape index (κ2) is 11.7. The monoisotopic (exact) mass is 477 g/mol. The molecule has 0 bridgehead atoms. The fourth-order valence-electron chi connectivity index (χ4n) is 4.48. The lowest BCUT2D eigenvalue weighted by molar-refractivity contribution is -0.141. The Kier molecular flexibility index (Phi) is 8.68. The molecule has 2 N–H and O–H groups in total. The zero-order valence-corrected chi connectivity index (χ0v) is 20.9. The van der Waals surface area contributed by atoms with Crippen LogP contribution in [0.2, 0.25) is 0 Å². The molecule has 0 saturated carbocycles. The van der Waals surface area contributed by atoms with Crippen LogP contribution in [-0.2, 0) is 22.6 Å². The maximum atomic E-state index is 13.3. The molecule has 1 heterocycles. The minimum Gasteiger partial charge on any atom is -0.481 e. The number of carboxylic acids is 1. The predicted molar refractivity (Wildman–Crippen MR) is 137 cm³/mol. The molecule has 3 rings (SSSR count). The van der Waals surface area contributed by atoms with Crippen LogP contribution in [0.1, 0.15) is 44.7 Å². The third-order valence-electron chi connectivity index (χ3n) is 6.05. The summed E-state index contributed by atoms with van der Waals surface area (Å²) < 4.78 is 1.66. The van der Waals surface area contributed by atoms with Gasteiger partial charge in [-0.15, -0.1) is 0 Å². The van der Waals surface area contributed by atoms with Gasteiger partial charge in [-0.1, -0.05) is 62.4 Å². The highest BCUT2D eigenvalue weighted by atomic mass is 16.4. The number of aliphatic carboxylic acids is 1. The number of para-hydroxylation sites is 1. The maximum absolute atomic E-state index is 13.3. The summed E-state index contributed by atoms with van der Waals surface area (Å²) in [4.78, 5) is 39.0. The van der Waals surface area contributed by atoms with E-state index in [0.29, 0.717) is 19.4 Å². The smallest absolute Gasteiger partial charge is 0.328 e. The van der Waals surface area contributed by atoms with Gasteiger partial charge >= 0.3 is 12.0 Å². The van der Waals surface area contributed by atoms with Crippen molar-refractivity contribution in [1.82, 2.24) is 14.8 Å². The Bertz CT molecular complexity index is 1170. The number of rotatable bonds is 10. The molecule has 35 heavy (non-hydrogen) atoms. The highest BCUT2D eigenvalue weighted by Gasteiger charge is 2.25. The topological polar surface area (TPSA) is 91.6 Å². The number of benzene rings is 2. The van der Waals surface area contributed by atoms with E-state index in [2.05, 4.69) is 5.32 Å². The average molecular weight is 478 g/mol. The normalized spacial score (nSPS) is 12.9. The summed E-state index contributed by atoms with van der Waals surface area (Å²) in [5, 5.41) is 13.2. The molecule has 2 aromatic carbocycles.